The summed E-state index contributed by atoms with van der Waals surface area (Å²) in [7, 11) is 0. The highest BCUT2D eigenvalue weighted by Gasteiger charge is 2.34. The van der Waals surface area contributed by atoms with Gasteiger partial charge in [0.2, 0.25) is 0 Å². The fraction of sp³-hybridized carbons (Fsp3) is 0. The van der Waals surface area contributed by atoms with Gasteiger partial charge in [-0.2, -0.15) is 0 Å². The molecule has 1 aliphatic heterocycles. The molecular weight excluding hydrogens is 371 g/mol. The summed E-state index contributed by atoms with van der Waals surface area (Å²) in [5, 5.41) is 1.24. The van der Waals surface area contributed by atoms with Crippen molar-refractivity contribution in [3.63, 3.8) is 0 Å². The van der Waals surface area contributed by atoms with Crippen LogP contribution >= 0.6 is 22.6 Å². The average Bonchev–Trinajstić information content (AvgIpc) is 3.04. The quantitative estimate of drug-likeness (QED) is 0.494. The van der Waals surface area contributed by atoms with Crippen LogP contribution in [0.1, 0.15) is 5.56 Å². The monoisotopic (exact) mass is 380 g/mol. The van der Waals surface area contributed by atoms with Crippen LogP contribution in [0.2, 0.25) is 0 Å². The molecule has 1 saturated heterocycles. The third-order valence-corrected chi connectivity index (χ3v) is 3.55. The maximum absolute atomic E-state index is 12.3. The lowest BCUT2D eigenvalue weighted by molar-refractivity contribution is -0.117. The minimum atomic E-state index is -0.422. The van der Waals surface area contributed by atoms with E-state index in [0.29, 0.717) is 11.3 Å². The number of carbonyl (C=O) groups is 2. The molecule has 2 amide bonds. The Hall–Kier alpha value is -2.09. The third kappa shape index (κ3) is 2.34. The number of nitrogens with one attached hydrogen (secondary N) is 1. The zero-order valence-corrected chi connectivity index (χ0v) is 12.3. The Morgan fingerprint density at radius 3 is 2.55 bits per heavy atom. The van der Waals surface area contributed by atoms with Crippen LogP contribution in [0.15, 0.2) is 52.8 Å². The van der Waals surface area contributed by atoms with Gasteiger partial charge in [0.15, 0.2) is 0 Å². The Morgan fingerprint density at radius 2 is 1.90 bits per heavy atom. The molecule has 1 aromatic heterocycles. The van der Waals surface area contributed by atoms with E-state index in [1.807, 2.05) is 12.1 Å². The minimum Gasteiger partial charge on any atom is -0.472 e. The van der Waals surface area contributed by atoms with E-state index in [1.54, 1.807) is 18.2 Å². The molecule has 0 atom stereocenters. The van der Waals surface area contributed by atoms with Crippen molar-refractivity contribution in [2.45, 2.75) is 0 Å². The average molecular weight is 380 g/mol. The first-order chi connectivity index (χ1) is 9.65. The molecule has 1 N–H and O–H groups in total. The van der Waals surface area contributed by atoms with Crippen molar-refractivity contribution in [1.29, 1.82) is 0 Å². The second-order valence-corrected chi connectivity index (χ2v) is 5.42. The Morgan fingerprint density at radius 1 is 1.15 bits per heavy atom. The van der Waals surface area contributed by atoms with Crippen molar-refractivity contribution in [3.8, 4) is 0 Å². The van der Waals surface area contributed by atoms with Crippen molar-refractivity contribution >= 4 is 46.2 Å². The van der Waals surface area contributed by atoms with E-state index in [1.165, 1.54) is 23.6 Å². The first kappa shape index (κ1) is 12.9. The number of rotatable bonds is 2. The van der Waals surface area contributed by atoms with Gasteiger partial charge in [0.1, 0.15) is 5.57 Å². The molecule has 3 rings (SSSR count). The number of amides is 2. The Balaban J connectivity index is 1.92. The first-order valence-electron chi connectivity index (χ1n) is 5.80. The largest absolute Gasteiger partial charge is 0.472 e. The number of benzene rings is 1. The molecule has 20 heavy (non-hydrogen) atoms. The van der Waals surface area contributed by atoms with Gasteiger partial charge in [-0.1, -0.05) is 0 Å². The first-order valence-corrected chi connectivity index (χ1v) is 6.88. The van der Waals surface area contributed by atoms with E-state index >= 15 is 0 Å². The summed E-state index contributed by atoms with van der Waals surface area (Å²) in [6.07, 6.45) is 4.47. The standard InChI is InChI=1S/C14H9IN2O3/c15-10-1-3-11(4-2-10)17-14(19)12(13(18)16-17)7-9-5-6-20-8-9/h1-8H,(H,16,18). The fourth-order valence-electron chi connectivity index (χ4n) is 1.85. The summed E-state index contributed by atoms with van der Waals surface area (Å²) >= 11 is 2.17. The van der Waals surface area contributed by atoms with Crippen molar-refractivity contribution in [2.75, 3.05) is 5.01 Å². The van der Waals surface area contributed by atoms with Crippen LogP contribution in [0.5, 0.6) is 0 Å². The van der Waals surface area contributed by atoms with Gasteiger partial charge in [-0.25, -0.2) is 5.01 Å². The van der Waals surface area contributed by atoms with E-state index in [2.05, 4.69) is 28.0 Å². The summed E-state index contributed by atoms with van der Waals surface area (Å²) in [6, 6.07) is 8.98. The number of carbonyl (C=O) groups excluding carboxylic acids is 2. The highest BCUT2D eigenvalue weighted by Crippen LogP contribution is 2.22. The van der Waals surface area contributed by atoms with Gasteiger partial charge < -0.3 is 4.42 Å². The maximum atomic E-state index is 12.3. The molecule has 0 bridgehead atoms. The third-order valence-electron chi connectivity index (χ3n) is 2.83. The van der Waals surface area contributed by atoms with Gasteiger partial charge in [-0.3, -0.25) is 15.0 Å². The van der Waals surface area contributed by atoms with Gasteiger partial charge in [-0.05, 0) is 59.0 Å². The van der Waals surface area contributed by atoms with Gasteiger partial charge in [0.05, 0.1) is 18.2 Å². The second-order valence-electron chi connectivity index (χ2n) is 4.17. The van der Waals surface area contributed by atoms with Gasteiger partial charge in [-0.15, -0.1) is 0 Å². The number of hydrogen-bond donors (Lipinski definition) is 1. The molecule has 0 unspecified atom stereocenters. The molecule has 2 aromatic rings. The molecule has 6 heteroatoms. The molecule has 1 aliphatic rings. The molecule has 5 nitrogen and oxygen atoms in total. The Bertz CT molecular complexity index is 690. The SMILES string of the molecule is O=C1NN(c2ccc(I)cc2)C(=O)C1=Cc1ccoc1. The summed E-state index contributed by atoms with van der Waals surface area (Å²) in [5.41, 5.74) is 3.93. The van der Waals surface area contributed by atoms with Gasteiger partial charge in [0, 0.05) is 9.13 Å². The van der Waals surface area contributed by atoms with Crippen molar-refractivity contribution in [1.82, 2.24) is 5.43 Å². The van der Waals surface area contributed by atoms with Crippen LogP contribution in [0.4, 0.5) is 5.69 Å². The lowest BCUT2D eigenvalue weighted by Crippen LogP contribution is -2.35. The molecule has 1 aromatic carbocycles. The van der Waals surface area contributed by atoms with Crippen LogP contribution < -0.4 is 10.4 Å². The van der Waals surface area contributed by atoms with E-state index in [0.717, 1.165) is 3.57 Å². The predicted molar refractivity (Wildman–Crippen MR) is 81.5 cm³/mol. The van der Waals surface area contributed by atoms with E-state index in [4.69, 9.17) is 4.42 Å². The Kier molecular flexibility index (Phi) is 3.31. The number of hydrazine groups is 1. The lowest BCUT2D eigenvalue weighted by Gasteiger charge is -2.14. The van der Waals surface area contributed by atoms with Gasteiger partial charge in [0.25, 0.3) is 11.8 Å². The molecule has 2 heterocycles. The summed E-state index contributed by atoms with van der Waals surface area (Å²) in [6.45, 7) is 0. The minimum absolute atomic E-state index is 0.0879. The van der Waals surface area contributed by atoms with E-state index in [-0.39, 0.29) is 11.5 Å². The molecule has 0 saturated carbocycles. The number of furan rings is 1. The molecular formula is C14H9IN2O3. The van der Waals surface area contributed by atoms with Crippen LogP contribution in [0.25, 0.3) is 6.08 Å². The summed E-state index contributed by atoms with van der Waals surface area (Å²) < 4.78 is 5.97. The van der Waals surface area contributed by atoms with Crippen LogP contribution in [0, 0.1) is 3.57 Å². The Labute approximate surface area is 128 Å². The van der Waals surface area contributed by atoms with Crippen molar-refractivity contribution < 1.29 is 14.0 Å². The predicted octanol–water partition coefficient (Wildman–Crippen LogP) is 2.35. The fourth-order valence-corrected chi connectivity index (χ4v) is 2.21. The van der Waals surface area contributed by atoms with E-state index < -0.39 is 5.91 Å². The highest BCUT2D eigenvalue weighted by molar-refractivity contribution is 14.1. The lowest BCUT2D eigenvalue weighted by atomic mass is 10.2. The highest BCUT2D eigenvalue weighted by atomic mass is 127. The summed E-state index contributed by atoms with van der Waals surface area (Å²) in [4.78, 5) is 24.2. The van der Waals surface area contributed by atoms with Crippen LogP contribution in [0.3, 0.4) is 0 Å². The maximum Gasteiger partial charge on any atom is 0.282 e. The molecule has 1 fully saturated rings. The second kappa shape index (κ2) is 5.12. The van der Waals surface area contributed by atoms with Crippen molar-refractivity contribution in [3.05, 3.63) is 57.6 Å². The molecule has 0 spiro atoms. The normalized spacial score (nSPS) is 16.9. The number of halogens is 1. The molecule has 100 valence electrons. The van der Waals surface area contributed by atoms with Gasteiger partial charge >= 0.3 is 0 Å². The number of anilines is 1. The zero-order valence-electron chi connectivity index (χ0n) is 10.2. The zero-order chi connectivity index (χ0) is 14.1. The number of nitrogens with zero attached hydrogens (tertiary/aromatic N) is 1. The topological polar surface area (TPSA) is 62.6 Å². The van der Waals surface area contributed by atoms with Crippen LogP contribution in [-0.2, 0) is 9.59 Å². The molecule has 0 aliphatic carbocycles. The molecule has 0 radical (unpaired) electrons. The summed E-state index contributed by atoms with van der Waals surface area (Å²) in [5.74, 6) is -0.799. The smallest absolute Gasteiger partial charge is 0.282 e. The van der Waals surface area contributed by atoms with Crippen molar-refractivity contribution in [2.24, 2.45) is 0 Å². The van der Waals surface area contributed by atoms with Crippen LogP contribution in [-0.4, -0.2) is 11.8 Å². The van der Waals surface area contributed by atoms with E-state index in [9.17, 15) is 9.59 Å². The number of hydrogen-bond acceptors (Lipinski definition) is 3.